The number of esters is 2. The van der Waals surface area contributed by atoms with Gasteiger partial charge in [0.15, 0.2) is 9.84 Å². The molecule has 1 heterocycles. The molecule has 10 heteroatoms. The van der Waals surface area contributed by atoms with Gasteiger partial charge in [-0.25, -0.2) is 18.0 Å². The summed E-state index contributed by atoms with van der Waals surface area (Å²) < 4.78 is 36.9. The van der Waals surface area contributed by atoms with Crippen LogP contribution in [-0.4, -0.2) is 67.5 Å². The molecule has 0 saturated carbocycles. The van der Waals surface area contributed by atoms with Crippen LogP contribution in [0.3, 0.4) is 0 Å². The molecule has 0 bridgehead atoms. The number of likely N-dealkylation sites (tertiary alicyclic amines) is 1. The second kappa shape index (κ2) is 13.6. The number of aliphatic hydroxyl groups is 1. The van der Waals surface area contributed by atoms with E-state index in [0.717, 1.165) is 19.4 Å². The third kappa shape index (κ3) is 8.75. The lowest BCUT2D eigenvalue weighted by Gasteiger charge is -2.36. The van der Waals surface area contributed by atoms with Crippen molar-refractivity contribution in [3.63, 3.8) is 0 Å². The number of carbonyl (C=O) groups excluding carboxylic acids is 2. The highest BCUT2D eigenvalue weighted by atomic mass is 32.2. The first-order chi connectivity index (χ1) is 20.6. The van der Waals surface area contributed by atoms with Crippen LogP contribution < -0.4 is 10.5 Å². The van der Waals surface area contributed by atoms with Crippen molar-refractivity contribution in [3.05, 3.63) is 95.6 Å². The lowest BCUT2D eigenvalue weighted by atomic mass is 9.88. The first kappa shape index (κ1) is 33.3. The minimum absolute atomic E-state index is 0.0854. The second-order valence-corrected chi connectivity index (χ2v) is 14.7. The van der Waals surface area contributed by atoms with Gasteiger partial charge in [-0.2, -0.15) is 0 Å². The van der Waals surface area contributed by atoms with E-state index in [9.17, 15) is 23.1 Å². The van der Waals surface area contributed by atoms with E-state index in [0.29, 0.717) is 18.7 Å². The quantitative estimate of drug-likeness (QED) is 0.253. The summed E-state index contributed by atoms with van der Waals surface area (Å²) in [6.07, 6.45) is 1.09. The molecule has 3 aromatic rings. The molecular weight excluding hydrogens is 580 g/mol. The maximum atomic E-state index is 13.0. The van der Waals surface area contributed by atoms with Crippen LogP contribution in [0.15, 0.2) is 83.8 Å². The molecule has 0 spiro atoms. The summed E-state index contributed by atoms with van der Waals surface area (Å²) >= 11 is 0. The zero-order valence-corrected chi connectivity index (χ0v) is 26.5. The van der Waals surface area contributed by atoms with E-state index >= 15 is 0 Å². The molecule has 236 valence electrons. The molecule has 44 heavy (non-hydrogen) atoms. The molecule has 1 unspecified atom stereocenters. The molecule has 3 N–H and O–H groups in total. The number of hydrogen-bond acceptors (Lipinski definition) is 9. The molecule has 1 saturated heterocycles. The molecule has 3 atom stereocenters. The van der Waals surface area contributed by atoms with Gasteiger partial charge in [0, 0.05) is 13.1 Å². The van der Waals surface area contributed by atoms with Crippen LogP contribution >= 0.6 is 0 Å². The van der Waals surface area contributed by atoms with Gasteiger partial charge in [0.1, 0.15) is 16.9 Å². The molecule has 0 aromatic heterocycles. The molecule has 1 fully saturated rings. The number of aliphatic hydroxyl groups excluding tert-OH is 1. The number of hydrogen-bond donors (Lipinski definition) is 2. The van der Waals surface area contributed by atoms with Crippen LogP contribution in [0.5, 0.6) is 5.75 Å². The van der Waals surface area contributed by atoms with Gasteiger partial charge in [-0.05, 0) is 101 Å². The van der Waals surface area contributed by atoms with Gasteiger partial charge in [0.25, 0.3) is 0 Å². The monoisotopic (exact) mass is 622 g/mol. The largest absolute Gasteiger partial charge is 0.458 e. The summed E-state index contributed by atoms with van der Waals surface area (Å²) in [5, 5.41) is 10.7. The Morgan fingerprint density at radius 2 is 1.59 bits per heavy atom. The van der Waals surface area contributed by atoms with Crippen LogP contribution in [0.25, 0.3) is 0 Å². The molecule has 9 nitrogen and oxygen atoms in total. The Kier molecular flexibility index (Phi) is 10.3. The number of β-amino-alcohol motifs (C(OH)–C–C–N with tert-alkyl or cyclic N) is 1. The van der Waals surface area contributed by atoms with E-state index < -0.39 is 39.0 Å². The molecule has 0 aliphatic carbocycles. The summed E-state index contributed by atoms with van der Waals surface area (Å²) in [5.41, 5.74) is 6.03. The Labute approximate surface area is 259 Å². The van der Waals surface area contributed by atoms with E-state index in [1.165, 1.54) is 42.0 Å². The van der Waals surface area contributed by atoms with Crippen molar-refractivity contribution in [3.8, 4) is 5.75 Å². The summed E-state index contributed by atoms with van der Waals surface area (Å²) in [6.45, 7) is 8.30. The molecule has 0 amide bonds. The molecule has 1 aliphatic heterocycles. The number of nitrogens with zero attached hydrogens (tertiary/aromatic N) is 1. The van der Waals surface area contributed by atoms with Gasteiger partial charge in [-0.3, -0.25) is 4.90 Å². The van der Waals surface area contributed by atoms with Gasteiger partial charge >= 0.3 is 11.9 Å². The summed E-state index contributed by atoms with van der Waals surface area (Å²) in [4.78, 5) is 27.4. The van der Waals surface area contributed by atoms with Crippen LogP contribution in [0.4, 0.5) is 0 Å². The number of ether oxygens (including phenoxy) is 2. The predicted molar refractivity (Wildman–Crippen MR) is 168 cm³/mol. The van der Waals surface area contributed by atoms with Gasteiger partial charge in [-0.15, -0.1) is 0 Å². The number of sulfone groups is 1. The Morgan fingerprint density at radius 3 is 2.18 bits per heavy atom. The average Bonchev–Trinajstić information content (AvgIpc) is 2.97. The summed E-state index contributed by atoms with van der Waals surface area (Å²) in [7, 11) is -3.59. The Morgan fingerprint density at radius 1 is 0.955 bits per heavy atom. The van der Waals surface area contributed by atoms with E-state index in [2.05, 4.69) is 12.1 Å². The SMILES string of the molecule is CC(C)(C)OC(=O)C(C)(N)c1ccc(C(=O)Oc2ccc(S(=O)(=O)CCN3CC[C@H](Cc4ccccc4)[C@H](O)C3)cc2)cc1. The van der Waals surface area contributed by atoms with Crippen LogP contribution in [0, 0.1) is 5.92 Å². The highest BCUT2D eigenvalue weighted by Gasteiger charge is 2.35. The van der Waals surface area contributed by atoms with Crippen LogP contribution in [0.2, 0.25) is 0 Å². The zero-order chi connectivity index (χ0) is 32.1. The molecule has 0 radical (unpaired) electrons. The van der Waals surface area contributed by atoms with Crippen molar-refractivity contribution >= 4 is 21.8 Å². The summed E-state index contributed by atoms with van der Waals surface area (Å²) in [5.74, 6) is -0.970. The van der Waals surface area contributed by atoms with E-state index in [4.69, 9.17) is 15.2 Å². The Balaban J connectivity index is 1.29. The minimum Gasteiger partial charge on any atom is -0.458 e. The van der Waals surface area contributed by atoms with Crippen molar-refractivity contribution in [1.29, 1.82) is 0 Å². The van der Waals surface area contributed by atoms with Gasteiger partial charge in [0.05, 0.1) is 22.3 Å². The lowest BCUT2D eigenvalue weighted by molar-refractivity contribution is -0.161. The molecule has 3 aromatic carbocycles. The fourth-order valence-electron chi connectivity index (χ4n) is 5.11. The number of carbonyl (C=O) groups is 2. The normalized spacial score (nSPS) is 19.1. The first-order valence-corrected chi connectivity index (χ1v) is 16.4. The fraction of sp³-hybridized carbons (Fsp3) is 0.412. The number of nitrogens with two attached hydrogens (primary N) is 1. The van der Waals surface area contributed by atoms with Gasteiger partial charge in [-0.1, -0.05) is 42.5 Å². The van der Waals surface area contributed by atoms with Crippen molar-refractivity contribution < 1.29 is 32.6 Å². The first-order valence-electron chi connectivity index (χ1n) is 14.8. The number of piperidine rings is 1. The fourth-order valence-corrected chi connectivity index (χ4v) is 6.39. The van der Waals surface area contributed by atoms with Crippen molar-refractivity contribution in [2.45, 2.75) is 62.7 Å². The van der Waals surface area contributed by atoms with E-state index in [1.54, 1.807) is 39.8 Å². The average molecular weight is 623 g/mol. The zero-order valence-electron chi connectivity index (χ0n) is 25.7. The second-order valence-electron chi connectivity index (χ2n) is 12.6. The van der Waals surface area contributed by atoms with Crippen LogP contribution in [-0.2, 0) is 31.3 Å². The molecular formula is C34H42N2O7S. The van der Waals surface area contributed by atoms with Crippen LogP contribution in [0.1, 0.15) is 55.6 Å². The lowest BCUT2D eigenvalue weighted by Crippen LogP contribution is -2.46. The number of rotatable bonds is 10. The Bertz CT molecular complexity index is 1530. The van der Waals surface area contributed by atoms with Crippen molar-refractivity contribution in [2.24, 2.45) is 11.7 Å². The topological polar surface area (TPSA) is 136 Å². The molecule has 1 aliphatic rings. The highest BCUT2D eigenvalue weighted by Crippen LogP contribution is 2.25. The smallest absolute Gasteiger partial charge is 0.343 e. The van der Waals surface area contributed by atoms with Gasteiger partial charge < -0.3 is 20.3 Å². The maximum absolute atomic E-state index is 13.0. The molecule has 4 rings (SSSR count). The third-order valence-corrected chi connectivity index (χ3v) is 9.47. The van der Waals surface area contributed by atoms with E-state index in [1.807, 2.05) is 23.1 Å². The maximum Gasteiger partial charge on any atom is 0.343 e. The van der Waals surface area contributed by atoms with Crippen molar-refractivity contribution in [2.75, 3.05) is 25.4 Å². The van der Waals surface area contributed by atoms with Gasteiger partial charge in [0.2, 0.25) is 0 Å². The summed E-state index contributed by atoms with van der Waals surface area (Å²) in [6, 6.07) is 21.9. The predicted octanol–water partition coefficient (Wildman–Crippen LogP) is 4.12. The third-order valence-electron chi connectivity index (χ3n) is 7.76. The van der Waals surface area contributed by atoms with Crippen molar-refractivity contribution in [1.82, 2.24) is 4.90 Å². The standard InChI is InChI=1S/C34H42N2O7S/c1-33(2,3)43-32(39)34(4,35)27-12-10-25(11-13-27)31(38)42-28-14-16-29(17-15-28)44(40,41)21-20-36-19-18-26(30(37)23-36)22-24-8-6-5-7-9-24/h5-17,26,30,37H,18-23,35H2,1-4H3/t26-,30-,34?/m1/s1. The highest BCUT2D eigenvalue weighted by molar-refractivity contribution is 7.91. The van der Waals surface area contributed by atoms with E-state index in [-0.39, 0.29) is 27.9 Å². The number of benzene rings is 3. The minimum atomic E-state index is -3.59. The Hall–Kier alpha value is -3.57.